The number of carbonyl (C=O) groups is 1. The Bertz CT molecular complexity index is 595. The van der Waals surface area contributed by atoms with Gasteiger partial charge in [0.25, 0.3) is 5.91 Å². The minimum absolute atomic E-state index is 0.152. The highest BCUT2D eigenvalue weighted by Gasteiger charge is 2.14. The van der Waals surface area contributed by atoms with Crippen LogP contribution in [0.25, 0.3) is 0 Å². The lowest BCUT2D eigenvalue weighted by Crippen LogP contribution is -2.37. The van der Waals surface area contributed by atoms with Crippen LogP contribution in [0, 0.1) is 0 Å². The summed E-state index contributed by atoms with van der Waals surface area (Å²) in [7, 11) is 1.91. The molecular weight excluding hydrogens is 290 g/mol. The topological polar surface area (TPSA) is 56.1 Å². The second-order valence-corrected chi connectivity index (χ2v) is 5.22. The van der Waals surface area contributed by atoms with E-state index in [0.29, 0.717) is 23.7 Å². The number of halogens is 1. The number of nitrogens with zero attached hydrogens (tertiary/aromatic N) is 2. The fourth-order valence-electron chi connectivity index (χ4n) is 1.82. The van der Waals surface area contributed by atoms with Gasteiger partial charge >= 0.3 is 0 Å². The summed E-state index contributed by atoms with van der Waals surface area (Å²) in [5, 5.41) is 3.47. The molecule has 0 radical (unpaired) electrons. The molecule has 112 valence electrons. The third-order valence-corrected chi connectivity index (χ3v) is 3.19. The Kier molecular flexibility index (Phi) is 5.22. The molecule has 0 spiro atoms. The number of carbonyl (C=O) groups excluding carboxylic acids is 1. The van der Waals surface area contributed by atoms with Crippen LogP contribution in [0.2, 0.25) is 5.02 Å². The second kappa shape index (κ2) is 7.13. The molecule has 0 saturated heterocycles. The molecule has 0 aliphatic heterocycles. The van der Waals surface area contributed by atoms with Crippen molar-refractivity contribution in [2.24, 2.45) is 7.05 Å². The van der Waals surface area contributed by atoms with E-state index >= 15 is 0 Å². The number of aromatic nitrogens is 2. The number of nitrogens with one attached hydrogen (secondary N) is 1. The van der Waals surface area contributed by atoms with E-state index in [2.05, 4.69) is 10.3 Å². The van der Waals surface area contributed by atoms with Crippen LogP contribution in [0.15, 0.2) is 36.8 Å². The normalized spacial score (nSPS) is 12.0. The van der Waals surface area contributed by atoms with Gasteiger partial charge in [-0.1, -0.05) is 11.6 Å². The minimum Gasteiger partial charge on any atom is -0.481 e. The van der Waals surface area contributed by atoms with Crippen LogP contribution >= 0.6 is 11.6 Å². The highest BCUT2D eigenvalue weighted by atomic mass is 35.5. The number of hydrogen-bond acceptors (Lipinski definition) is 3. The van der Waals surface area contributed by atoms with Crippen molar-refractivity contribution in [3.05, 3.63) is 47.5 Å². The smallest absolute Gasteiger partial charge is 0.260 e. The molecule has 2 rings (SSSR count). The lowest BCUT2D eigenvalue weighted by Gasteiger charge is -2.14. The van der Waals surface area contributed by atoms with Gasteiger partial charge < -0.3 is 14.6 Å². The molecule has 0 aliphatic rings. The van der Waals surface area contributed by atoms with E-state index in [-0.39, 0.29) is 5.91 Å². The van der Waals surface area contributed by atoms with Gasteiger partial charge in [0, 0.05) is 31.2 Å². The van der Waals surface area contributed by atoms with E-state index in [1.165, 1.54) is 0 Å². The quantitative estimate of drug-likeness (QED) is 0.890. The fourth-order valence-corrected chi connectivity index (χ4v) is 1.95. The number of hydrogen-bond donors (Lipinski definition) is 1. The molecule has 2 aromatic rings. The van der Waals surface area contributed by atoms with E-state index in [1.807, 2.05) is 17.8 Å². The summed E-state index contributed by atoms with van der Waals surface area (Å²) in [6, 6.07) is 6.92. The van der Waals surface area contributed by atoms with Gasteiger partial charge in [-0.15, -0.1) is 0 Å². The van der Waals surface area contributed by atoms with Crippen LogP contribution in [0.1, 0.15) is 12.6 Å². The number of rotatable bonds is 6. The number of ether oxygens (including phenoxy) is 1. The van der Waals surface area contributed by atoms with Gasteiger partial charge in [0.15, 0.2) is 6.10 Å². The van der Waals surface area contributed by atoms with Gasteiger partial charge in [0.2, 0.25) is 0 Å². The first-order valence-electron chi connectivity index (χ1n) is 6.71. The Balaban J connectivity index is 1.75. The molecule has 5 nitrogen and oxygen atoms in total. The first-order chi connectivity index (χ1) is 10.0. The fraction of sp³-hybridized carbons (Fsp3) is 0.333. The van der Waals surface area contributed by atoms with Crippen LogP contribution in [-0.4, -0.2) is 28.1 Å². The Labute approximate surface area is 128 Å². The zero-order valence-electron chi connectivity index (χ0n) is 12.0. The summed E-state index contributed by atoms with van der Waals surface area (Å²) < 4.78 is 7.43. The molecule has 1 amide bonds. The molecule has 1 atom stereocenters. The maximum atomic E-state index is 11.9. The van der Waals surface area contributed by atoms with Crippen LogP contribution in [-0.2, 0) is 18.3 Å². The molecule has 0 bridgehead atoms. The molecule has 0 fully saturated rings. The summed E-state index contributed by atoms with van der Waals surface area (Å²) in [5.74, 6) is 0.465. The number of benzene rings is 1. The summed E-state index contributed by atoms with van der Waals surface area (Å²) in [5.41, 5.74) is 0.948. The third kappa shape index (κ3) is 4.79. The van der Waals surface area contributed by atoms with Gasteiger partial charge in [-0.05, 0) is 31.2 Å². The molecule has 6 heteroatoms. The van der Waals surface area contributed by atoms with Gasteiger partial charge in [0.05, 0.1) is 12.0 Å². The molecule has 1 heterocycles. The van der Waals surface area contributed by atoms with Gasteiger partial charge in [0.1, 0.15) is 5.75 Å². The number of amides is 1. The lowest BCUT2D eigenvalue weighted by molar-refractivity contribution is -0.127. The van der Waals surface area contributed by atoms with Crippen LogP contribution < -0.4 is 10.1 Å². The highest BCUT2D eigenvalue weighted by molar-refractivity contribution is 6.30. The van der Waals surface area contributed by atoms with Crippen molar-refractivity contribution in [2.75, 3.05) is 6.54 Å². The largest absolute Gasteiger partial charge is 0.481 e. The Morgan fingerprint density at radius 2 is 2.14 bits per heavy atom. The molecular formula is C15H18ClN3O2. The summed E-state index contributed by atoms with van der Waals surface area (Å²) >= 11 is 5.80. The van der Waals surface area contributed by atoms with Crippen molar-refractivity contribution in [1.29, 1.82) is 0 Å². The Morgan fingerprint density at radius 1 is 1.43 bits per heavy atom. The average molecular weight is 308 g/mol. The second-order valence-electron chi connectivity index (χ2n) is 4.79. The first-order valence-corrected chi connectivity index (χ1v) is 7.09. The van der Waals surface area contributed by atoms with Gasteiger partial charge in [-0.3, -0.25) is 4.79 Å². The van der Waals surface area contributed by atoms with Crippen LogP contribution in [0.3, 0.4) is 0 Å². The minimum atomic E-state index is -0.560. The van der Waals surface area contributed by atoms with Crippen molar-refractivity contribution in [1.82, 2.24) is 14.9 Å². The standard InChI is InChI=1S/C15H18ClN3O2/c1-11(21-14-5-3-12(16)4-6-14)15(20)17-8-7-13-9-19(2)10-18-13/h3-6,9-11H,7-8H2,1-2H3,(H,17,20). The van der Waals surface area contributed by atoms with Crippen LogP contribution in [0.4, 0.5) is 0 Å². The molecule has 0 aliphatic carbocycles. The van der Waals surface area contributed by atoms with E-state index in [1.54, 1.807) is 37.5 Å². The monoisotopic (exact) mass is 307 g/mol. The highest BCUT2D eigenvalue weighted by Crippen LogP contribution is 2.16. The Hall–Kier alpha value is -2.01. The zero-order valence-corrected chi connectivity index (χ0v) is 12.8. The SMILES string of the molecule is CC(Oc1ccc(Cl)cc1)C(=O)NCCc1cn(C)cn1. The summed E-state index contributed by atoms with van der Waals surface area (Å²) in [6.45, 7) is 2.24. The predicted octanol–water partition coefficient (Wildman–Crippen LogP) is 2.20. The molecule has 21 heavy (non-hydrogen) atoms. The maximum absolute atomic E-state index is 11.9. The van der Waals surface area contributed by atoms with E-state index in [9.17, 15) is 4.79 Å². The van der Waals surface area contributed by atoms with Crippen molar-refractivity contribution >= 4 is 17.5 Å². The summed E-state index contributed by atoms with van der Waals surface area (Å²) in [6.07, 6.45) is 3.80. The molecule has 0 saturated carbocycles. The third-order valence-electron chi connectivity index (χ3n) is 2.93. The van der Waals surface area contributed by atoms with Crippen molar-refractivity contribution < 1.29 is 9.53 Å². The molecule has 1 aromatic carbocycles. The van der Waals surface area contributed by atoms with Crippen molar-refractivity contribution in [2.45, 2.75) is 19.4 Å². The predicted molar refractivity (Wildman–Crippen MR) is 81.5 cm³/mol. The molecule has 1 unspecified atom stereocenters. The maximum Gasteiger partial charge on any atom is 0.260 e. The van der Waals surface area contributed by atoms with Crippen LogP contribution in [0.5, 0.6) is 5.75 Å². The molecule has 1 aromatic heterocycles. The summed E-state index contributed by atoms with van der Waals surface area (Å²) in [4.78, 5) is 16.1. The van der Waals surface area contributed by atoms with Gasteiger partial charge in [-0.2, -0.15) is 0 Å². The lowest BCUT2D eigenvalue weighted by atomic mass is 10.3. The van der Waals surface area contributed by atoms with Crippen molar-refractivity contribution in [3.8, 4) is 5.75 Å². The average Bonchev–Trinajstić information content (AvgIpc) is 2.87. The molecule has 1 N–H and O–H groups in total. The van der Waals surface area contributed by atoms with E-state index < -0.39 is 6.10 Å². The van der Waals surface area contributed by atoms with E-state index in [4.69, 9.17) is 16.3 Å². The number of aryl methyl sites for hydroxylation is 1. The zero-order chi connectivity index (χ0) is 15.2. The Morgan fingerprint density at radius 3 is 2.76 bits per heavy atom. The number of imidazole rings is 1. The first kappa shape index (κ1) is 15.4. The van der Waals surface area contributed by atoms with Gasteiger partial charge in [-0.25, -0.2) is 4.98 Å². The van der Waals surface area contributed by atoms with Crippen molar-refractivity contribution in [3.63, 3.8) is 0 Å². The van der Waals surface area contributed by atoms with E-state index in [0.717, 1.165) is 5.69 Å².